The van der Waals surface area contributed by atoms with Crippen LogP contribution in [0.25, 0.3) is 0 Å². The third kappa shape index (κ3) is 13.0. The lowest BCUT2D eigenvalue weighted by molar-refractivity contribution is -0.144. The van der Waals surface area contributed by atoms with Crippen LogP contribution in [0.2, 0.25) is 0 Å². The van der Waals surface area contributed by atoms with Gasteiger partial charge >= 0.3 is 17.9 Å². The van der Waals surface area contributed by atoms with Crippen LogP contribution in [-0.4, -0.2) is 87.1 Å². The third-order valence-corrected chi connectivity index (χ3v) is 6.11. The minimum Gasteiger partial charge on any atom is -0.481 e. The molecular weight excluding hydrogens is 518 g/mol. The first-order chi connectivity index (χ1) is 18.0. The van der Waals surface area contributed by atoms with Crippen molar-refractivity contribution in [1.82, 2.24) is 21.3 Å². The lowest BCUT2D eigenvalue weighted by atomic mass is 9.98. The zero-order valence-corrected chi connectivity index (χ0v) is 22.9. The number of nitrogens with one attached hydrogen (secondary N) is 4. The molecule has 0 unspecified atom stereocenters. The summed E-state index contributed by atoms with van der Waals surface area (Å²) in [6.07, 6.45) is -1.48. The highest BCUT2D eigenvalue weighted by Crippen LogP contribution is 2.10. The van der Waals surface area contributed by atoms with Gasteiger partial charge in [-0.05, 0) is 31.6 Å². The van der Waals surface area contributed by atoms with Crippen LogP contribution in [0.15, 0.2) is 0 Å². The van der Waals surface area contributed by atoms with Gasteiger partial charge in [0.1, 0.15) is 24.2 Å². The van der Waals surface area contributed by atoms with Crippen LogP contribution >= 0.6 is 0 Å². The maximum atomic E-state index is 13.0. The average Bonchev–Trinajstić information content (AvgIpc) is 2.85. The van der Waals surface area contributed by atoms with Crippen LogP contribution in [0, 0.1) is 11.8 Å². The fourth-order valence-electron chi connectivity index (χ4n) is 3.26. The van der Waals surface area contributed by atoms with Crippen molar-refractivity contribution in [3.63, 3.8) is 0 Å². The van der Waals surface area contributed by atoms with Gasteiger partial charge < -0.3 is 42.3 Å². The normalized spacial score (nSPS) is 15.6. The second-order valence-corrected chi connectivity index (χ2v) is 9.70. The summed E-state index contributed by atoms with van der Waals surface area (Å²) in [6.45, 7) is 8.05. The van der Waals surface area contributed by atoms with Crippen LogP contribution in [0.1, 0.15) is 66.7 Å². The predicted octanol–water partition coefficient (Wildman–Crippen LogP) is -1.21. The minimum absolute atomic E-state index is 0.218. The Bertz CT molecular complexity index is 910. The molecular formula is C24H41N5O10. The predicted molar refractivity (Wildman–Crippen MR) is 137 cm³/mol. The largest absolute Gasteiger partial charge is 0.481 e. The summed E-state index contributed by atoms with van der Waals surface area (Å²) in [5.41, 5.74) is 5.76. The van der Waals surface area contributed by atoms with Crippen LogP contribution in [0.4, 0.5) is 0 Å². The van der Waals surface area contributed by atoms with E-state index in [1.807, 2.05) is 0 Å². The van der Waals surface area contributed by atoms with Gasteiger partial charge in [0.2, 0.25) is 23.6 Å². The third-order valence-electron chi connectivity index (χ3n) is 6.11. The van der Waals surface area contributed by atoms with Crippen molar-refractivity contribution >= 4 is 41.5 Å². The molecule has 0 aliphatic rings. The van der Waals surface area contributed by atoms with Crippen LogP contribution in [0.5, 0.6) is 0 Å². The van der Waals surface area contributed by atoms with Gasteiger partial charge in [-0.3, -0.25) is 28.8 Å². The van der Waals surface area contributed by atoms with Crippen LogP contribution in [-0.2, 0) is 33.6 Å². The first-order valence-electron chi connectivity index (χ1n) is 12.6. The topological polar surface area (TPSA) is 254 Å². The van der Waals surface area contributed by atoms with Crippen molar-refractivity contribution in [2.45, 2.75) is 96.9 Å². The van der Waals surface area contributed by atoms with E-state index in [0.29, 0.717) is 6.42 Å². The Balaban J connectivity index is 5.76. The molecule has 0 aromatic heterocycles. The van der Waals surface area contributed by atoms with E-state index >= 15 is 0 Å². The maximum absolute atomic E-state index is 13.0. The molecule has 0 aromatic carbocycles. The summed E-state index contributed by atoms with van der Waals surface area (Å²) in [6, 6.07) is -6.33. The smallest absolute Gasteiger partial charge is 0.326 e. The zero-order valence-electron chi connectivity index (χ0n) is 22.9. The number of carbonyl (C=O) groups is 7. The quantitative estimate of drug-likeness (QED) is 0.0988. The Hall–Kier alpha value is -3.75. The molecule has 0 aliphatic carbocycles. The highest BCUT2D eigenvalue weighted by Gasteiger charge is 2.32. The molecule has 0 aliphatic heterocycles. The van der Waals surface area contributed by atoms with E-state index in [0.717, 1.165) is 0 Å². The van der Waals surface area contributed by atoms with E-state index in [9.17, 15) is 38.7 Å². The number of carboxylic acids is 3. The molecule has 4 amide bonds. The first-order valence-corrected chi connectivity index (χ1v) is 12.6. The molecule has 0 radical (unpaired) electrons. The molecule has 0 saturated heterocycles. The number of carboxylic acid groups (broad SMARTS) is 3. The van der Waals surface area contributed by atoms with Gasteiger partial charge in [0.25, 0.3) is 0 Å². The summed E-state index contributed by atoms with van der Waals surface area (Å²) in [5, 5.41) is 36.9. The summed E-state index contributed by atoms with van der Waals surface area (Å²) in [7, 11) is 0. The Morgan fingerprint density at radius 2 is 1.10 bits per heavy atom. The number of nitrogens with two attached hydrogens (primary N) is 1. The molecule has 0 aromatic rings. The number of amides is 4. The number of rotatable bonds is 18. The van der Waals surface area contributed by atoms with Crippen molar-refractivity contribution in [2.24, 2.45) is 17.6 Å². The van der Waals surface area contributed by atoms with Gasteiger partial charge in [0.15, 0.2) is 0 Å². The molecule has 0 rings (SSSR count). The minimum atomic E-state index is -1.50. The summed E-state index contributed by atoms with van der Waals surface area (Å²) < 4.78 is 0. The van der Waals surface area contributed by atoms with Crippen molar-refractivity contribution in [3.05, 3.63) is 0 Å². The average molecular weight is 560 g/mol. The Morgan fingerprint density at radius 1 is 0.667 bits per heavy atom. The van der Waals surface area contributed by atoms with Gasteiger partial charge in [-0.15, -0.1) is 0 Å². The molecule has 0 bridgehead atoms. The number of hydrogen-bond donors (Lipinski definition) is 8. The lowest BCUT2D eigenvalue weighted by Gasteiger charge is -2.26. The highest BCUT2D eigenvalue weighted by atomic mass is 16.4. The van der Waals surface area contributed by atoms with Crippen LogP contribution in [0.3, 0.4) is 0 Å². The number of hydrogen-bond acceptors (Lipinski definition) is 8. The molecule has 15 heteroatoms. The van der Waals surface area contributed by atoms with Gasteiger partial charge in [-0.25, -0.2) is 4.79 Å². The zero-order chi connectivity index (χ0) is 30.4. The fourth-order valence-corrected chi connectivity index (χ4v) is 3.26. The van der Waals surface area contributed by atoms with Gasteiger partial charge in [0.05, 0.1) is 6.04 Å². The summed E-state index contributed by atoms with van der Waals surface area (Å²) in [5.74, 6) is -7.97. The molecule has 9 N–H and O–H groups in total. The molecule has 0 fully saturated rings. The standard InChI is InChI=1S/C24H41N5O10/c1-6-12(4)19(24(38)39)29-22(36)15(8-10-17(32)33)28-21(35)14(7-9-16(30)31)27-20(34)13(5)26-23(37)18(25)11(2)3/h11-15,18-19H,6-10,25H2,1-5H3,(H,26,37)(H,27,34)(H,28,35)(H,29,36)(H,30,31)(H,32,33)(H,38,39)/t12-,13-,14-,15-,18-,19-/m0/s1. The molecule has 39 heavy (non-hydrogen) atoms. The van der Waals surface area contributed by atoms with E-state index in [1.165, 1.54) is 6.92 Å². The maximum Gasteiger partial charge on any atom is 0.326 e. The number of carbonyl (C=O) groups excluding carboxylic acids is 4. The van der Waals surface area contributed by atoms with Crippen molar-refractivity contribution < 1.29 is 48.9 Å². The molecule has 0 heterocycles. The molecule has 6 atom stereocenters. The molecule has 222 valence electrons. The van der Waals surface area contributed by atoms with Gasteiger partial charge in [0, 0.05) is 12.8 Å². The van der Waals surface area contributed by atoms with Crippen molar-refractivity contribution in [3.8, 4) is 0 Å². The fraction of sp³-hybridized carbons (Fsp3) is 0.708. The van der Waals surface area contributed by atoms with Crippen LogP contribution < -0.4 is 27.0 Å². The van der Waals surface area contributed by atoms with E-state index in [4.69, 9.17) is 15.9 Å². The summed E-state index contributed by atoms with van der Waals surface area (Å²) in [4.78, 5) is 84.6. The Morgan fingerprint density at radius 3 is 1.49 bits per heavy atom. The van der Waals surface area contributed by atoms with Gasteiger partial charge in [-0.1, -0.05) is 34.1 Å². The Labute approximate surface area is 226 Å². The molecule has 0 spiro atoms. The molecule has 15 nitrogen and oxygen atoms in total. The monoisotopic (exact) mass is 559 g/mol. The van der Waals surface area contributed by atoms with Gasteiger partial charge in [-0.2, -0.15) is 0 Å². The lowest BCUT2D eigenvalue weighted by Crippen LogP contribution is -2.58. The highest BCUT2D eigenvalue weighted by molar-refractivity contribution is 5.95. The second kappa shape index (κ2) is 17.0. The van der Waals surface area contributed by atoms with E-state index in [-0.39, 0.29) is 5.92 Å². The SMILES string of the molecule is CC[C@H](C)[C@H](NC(=O)[C@H](CCC(=O)O)NC(=O)[C@H](CCC(=O)O)NC(=O)[C@H](C)NC(=O)[C@@H](N)C(C)C)C(=O)O. The second-order valence-electron chi connectivity index (χ2n) is 9.70. The van der Waals surface area contributed by atoms with Crippen molar-refractivity contribution in [1.29, 1.82) is 0 Å². The summed E-state index contributed by atoms with van der Waals surface area (Å²) >= 11 is 0. The number of aliphatic carboxylic acids is 3. The van der Waals surface area contributed by atoms with E-state index in [1.54, 1.807) is 27.7 Å². The molecule has 0 saturated carbocycles. The first kappa shape index (κ1) is 35.2. The Kier molecular flexibility index (Phi) is 15.3. The van der Waals surface area contributed by atoms with Crippen molar-refractivity contribution in [2.75, 3.05) is 0 Å². The van der Waals surface area contributed by atoms with E-state index in [2.05, 4.69) is 21.3 Å². The van der Waals surface area contributed by atoms with E-state index < -0.39 is 103 Å².